The monoisotopic (exact) mass is 622 g/mol. The van der Waals surface area contributed by atoms with Crippen molar-refractivity contribution in [3.05, 3.63) is 109 Å². The summed E-state index contributed by atoms with van der Waals surface area (Å²) in [5, 5.41) is 8.78. The molecule has 1 aliphatic rings. The quantitative estimate of drug-likeness (QED) is 0.161. The Hall–Kier alpha value is -5.47. The van der Waals surface area contributed by atoms with E-state index in [-0.39, 0.29) is 0 Å². The van der Waals surface area contributed by atoms with Crippen molar-refractivity contribution in [1.82, 2.24) is 0 Å². The van der Waals surface area contributed by atoms with E-state index < -0.39 is 137 Å². The second-order valence-electron chi connectivity index (χ2n) is 8.57. The maximum atomic E-state index is 14.8. The lowest BCUT2D eigenvalue weighted by atomic mass is 10.0. The van der Waals surface area contributed by atoms with Gasteiger partial charge in [-0.1, -0.05) is 0 Å². The Kier molecular flexibility index (Phi) is 7.17. The molecule has 0 bridgehead atoms. The maximum absolute atomic E-state index is 14.8. The molecule has 1 fully saturated rings. The van der Waals surface area contributed by atoms with Gasteiger partial charge in [-0.25, -0.2) is 52.7 Å². The van der Waals surface area contributed by atoms with Gasteiger partial charge >= 0.3 is 0 Å². The largest absolute Gasteiger partial charge is 0.398 e. The lowest BCUT2D eigenvalue weighted by Crippen LogP contribution is -2.12. The van der Waals surface area contributed by atoms with Gasteiger partial charge in [0.25, 0.3) is 0 Å². The van der Waals surface area contributed by atoms with Crippen LogP contribution in [0.4, 0.5) is 64.1 Å². The van der Waals surface area contributed by atoms with Crippen molar-refractivity contribution in [3.8, 4) is 6.07 Å². The number of halogens is 12. The summed E-state index contributed by atoms with van der Waals surface area (Å²) in [6, 6.07) is 0.834. The van der Waals surface area contributed by atoms with E-state index in [2.05, 4.69) is 0 Å². The molecule has 0 unspecified atom stereocenters. The lowest BCUT2D eigenvalue weighted by molar-refractivity contribution is 0.446. The molecule has 4 rings (SSSR count). The van der Waals surface area contributed by atoms with Crippen LogP contribution < -0.4 is 28.7 Å². The van der Waals surface area contributed by atoms with Gasteiger partial charge in [0, 0.05) is 16.7 Å². The number of rotatable bonds is 3. The standard InChI is InChI=1S/C25H10F12N6/c26-9-2(1-38)10(27)12(29)6(11(9)28)21(39)3-4(22(40)7-13(30)17(34)24(42)18(35)14(7)31)5(3)23(41)8-15(32)19(36)25(43)20(37)16(8)33/h39-43H2. The molecule has 6 nitrogen and oxygen atoms in total. The van der Waals surface area contributed by atoms with Crippen LogP contribution in [-0.2, 0) is 0 Å². The Labute approximate surface area is 230 Å². The summed E-state index contributed by atoms with van der Waals surface area (Å²) in [6.45, 7) is 0. The first-order valence-electron chi connectivity index (χ1n) is 10.9. The average molecular weight is 622 g/mol. The molecule has 224 valence electrons. The fourth-order valence-corrected chi connectivity index (χ4v) is 4.11. The summed E-state index contributed by atoms with van der Waals surface area (Å²) in [4.78, 5) is 0. The highest BCUT2D eigenvalue weighted by molar-refractivity contribution is 6.05. The van der Waals surface area contributed by atoms with E-state index in [0.29, 0.717) is 0 Å². The van der Waals surface area contributed by atoms with E-state index in [4.69, 9.17) is 33.9 Å². The van der Waals surface area contributed by atoms with Gasteiger partial charge in [0.15, 0.2) is 69.8 Å². The predicted molar refractivity (Wildman–Crippen MR) is 126 cm³/mol. The van der Waals surface area contributed by atoms with Gasteiger partial charge in [-0.05, 0) is 0 Å². The van der Waals surface area contributed by atoms with Crippen molar-refractivity contribution in [2.45, 2.75) is 0 Å². The molecule has 1 saturated carbocycles. The SMILES string of the molecule is N#Cc1c(F)c(F)c(C(N)=C2C(=C(N)c3c(F)c(F)c(N)c(F)c3F)C2=C(N)c2c(F)c(F)c(N)c(F)c2F)c(F)c1F. The summed E-state index contributed by atoms with van der Waals surface area (Å²) >= 11 is 0. The fourth-order valence-electron chi connectivity index (χ4n) is 4.11. The summed E-state index contributed by atoms with van der Waals surface area (Å²) in [6.07, 6.45) is 0. The highest BCUT2D eigenvalue weighted by atomic mass is 19.2. The zero-order chi connectivity index (χ0) is 32.6. The van der Waals surface area contributed by atoms with Crippen molar-refractivity contribution >= 4 is 28.5 Å². The number of allylic oxidation sites excluding steroid dienone is 3. The number of nitrogens with zero attached hydrogens (tertiary/aromatic N) is 1. The number of anilines is 2. The van der Waals surface area contributed by atoms with Crippen molar-refractivity contribution in [2.24, 2.45) is 17.2 Å². The van der Waals surface area contributed by atoms with E-state index >= 15 is 0 Å². The molecular weight excluding hydrogens is 612 g/mol. The molecule has 0 heterocycles. The third kappa shape index (κ3) is 4.14. The fraction of sp³-hybridized carbons (Fsp3) is 0. The Balaban J connectivity index is 2.22. The van der Waals surface area contributed by atoms with E-state index in [1.54, 1.807) is 0 Å². The van der Waals surface area contributed by atoms with Crippen LogP contribution in [0.5, 0.6) is 0 Å². The first kappa shape index (κ1) is 30.5. The summed E-state index contributed by atoms with van der Waals surface area (Å²) < 4.78 is 174. The summed E-state index contributed by atoms with van der Waals surface area (Å²) in [5.41, 5.74) is 8.55. The number of nitrogens with two attached hydrogens (primary N) is 5. The van der Waals surface area contributed by atoms with Gasteiger partial charge in [-0.3, -0.25) is 0 Å². The minimum absolute atomic E-state index is 0.834. The average Bonchev–Trinajstić information content (AvgIpc) is 3.72. The van der Waals surface area contributed by atoms with E-state index in [1.807, 2.05) is 0 Å². The van der Waals surface area contributed by atoms with Crippen molar-refractivity contribution in [3.63, 3.8) is 0 Å². The van der Waals surface area contributed by atoms with Crippen LogP contribution in [0.2, 0.25) is 0 Å². The highest BCUT2D eigenvalue weighted by Gasteiger charge is 2.44. The third-order valence-corrected chi connectivity index (χ3v) is 6.27. The van der Waals surface area contributed by atoms with Gasteiger partial charge in [0.1, 0.15) is 23.0 Å². The molecule has 3 aromatic rings. The smallest absolute Gasteiger partial charge is 0.185 e. The minimum atomic E-state index is -2.34. The molecule has 0 saturated heterocycles. The first-order chi connectivity index (χ1) is 19.9. The normalized spacial score (nSPS) is 15.0. The molecule has 10 N–H and O–H groups in total. The van der Waals surface area contributed by atoms with Crippen LogP contribution in [0.25, 0.3) is 17.1 Å². The van der Waals surface area contributed by atoms with Crippen molar-refractivity contribution in [1.29, 1.82) is 5.26 Å². The van der Waals surface area contributed by atoms with E-state index in [0.717, 1.165) is 6.07 Å². The van der Waals surface area contributed by atoms with Crippen LogP contribution in [0, 0.1) is 81.1 Å². The third-order valence-electron chi connectivity index (χ3n) is 6.27. The van der Waals surface area contributed by atoms with Crippen LogP contribution in [0.15, 0.2) is 16.7 Å². The second kappa shape index (κ2) is 10.1. The van der Waals surface area contributed by atoms with Gasteiger partial charge in [0.2, 0.25) is 0 Å². The van der Waals surface area contributed by atoms with Crippen LogP contribution in [0.1, 0.15) is 22.3 Å². The number of nitrogen functional groups attached to an aromatic ring is 2. The van der Waals surface area contributed by atoms with E-state index in [9.17, 15) is 52.7 Å². The molecule has 18 heteroatoms. The topological polar surface area (TPSA) is 154 Å². The van der Waals surface area contributed by atoms with Crippen molar-refractivity contribution in [2.75, 3.05) is 11.5 Å². The number of benzene rings is 3. The van der Waals surface area contributed by atoms with Crippen LogP contribution in [-0.4, -0.2) is 0 Å². The zero-order valence-electron chi connectivity index (χ0n) is 20.4. The maximum Gasteiger partial charge on any atom is 0.185 e. The van der Waals surface area contributed by atoms with Gasteiger partial charge in [-0.15, -0.1) is 0 Å². The minimum Gasteiger partial charge on any atom is -0.398 e. The molecule has 0 aliphatic heterocycles. The Bertz CT molecular complexity index is 1780. The van der Waals surface area contributed by atoms with Gasteiger partial charge in [0.05, 0.1) is 33.8 Å². The van der Waals surface area contributed by atoms with Crippen molar-refractivity contribution < 1.29 is 52.7 Å². The molecule has 0 spiro atoms. The molecule has 43 heavy (non-hydrogen) atoms. The second-order valence-corrected chi connectivity index (χ2v) is 8.57. The Morgan fingerprint density at radius 2 is 0.605 bits per heavy atom. The first-order valence-corrected chi connectivity index (χ1v) is 10.9. The number of nitriles is 1. The number of hydrogen-bond donors (Lipinski definition) is 5. The molecule has 0 atom stereocenters. The Morgan fingerprint density at radius 3 is 0.814 bits per heavy atom. The molecular formula is C25H10F12N6. The zero-order valence-corrected chi connectivity index (χ0v) is 20.4. The van der Waals surface area contributed by atoms with Crippen LogP contribution >= 0.6 is 0 Å². The molecule has 0 aromatic heterocycles. The summed E-state index contributed by atoms with van der Waals surface area (Å²) in [5.74, 6) is -27.2. The van der Waals surface area contributed by atoms with Gasteiger partial charge in [-0.2, -0.15) is 5.26 Å². The molecule has 1 aliphatic carbocycles. The molecule has 0 amide bonds. The highest BCUT2D eigenvalue weighted by Crippen LogP contribution is 2.55. The van der Waals surface area contributed by atoms with E-state index in [1.165, 1.54) is 0 Å². The lowest BCUT2D eigenvalue weighted by Gasteiger charge is -2.10. The number of hydrogen-bond acceptors (Lipinski definition) is 6. The van der Waals surface area contributed by atoms with Crippen LogP contribution in [0.3, 0.4) is 0 Å². The summed E-state index contributed by atoms with van der Waals surface area (Å²) in [7, 11) is 0. The van der Waals surface area contributed by atoms with Gasteiger partial charge < -0.3 is 28.7 Å². The molecule has 0 radical (unpaired) electrons. The molecule has 3 aromatic carbocycles. The predicted octanol–water partition coefficient (Wildman–Crippen LogP) is 4.82. The Morgan fingerprint density at radius 1 is 0.395 bits per heavy atom.